The molecule has 0 spiro atoms. The highest BCUT2D eigenvalue weighted by Gasteiger charge is 2.05. The summed E-state index contributed by atoms with van der Waals surface area (Å²) in [4.78, 5) is 0. The molecule has 1 N–H and O–H groups in total. The average Bonchev–Trinajstić information content (AvgIpc) is 2.12. The van der Waals surface area contributed by atoms with Crippen molar-refractivity contribution in [1.82, 2.24) is 5.32 Å². The Hall–Kier alpha value is 1.42. The first kappa shape index (κ1) is 14.4. The van der Waals surface area contributed by atoms with Gasteiger partial charge in [0.1, 0.15) is 0 Å². The van der Waals surface area contributed by atoms with Crippen molar-refractivity contribution in [2.45, 2.75) is 43.6 Å². The third-order valence-electron chi connectivity index (χ3n) is 2.10. The molecule has 0 aromatic carbocycles. The van der Waals surface area contributed by atoms with E-state index in [1.165, 1.54) is 36.7 Å². The minimum atomic E-state index is 0.665. The molecule has 0 heterocycles. The molecule has 0 aliphatic carbocycles. The summed E-state index contributed by atoms with van der Waals surface area (Å²) in [6.07, 6.45) is 5.35. The molecule has 0 amide bonds. The van der Waals surface area contributed by atoms with Gasteiger partial charge in [-0.3, -0.25) is 0 Å². The molecular formula is C10H21I2N. The number of nitrogens with one attached hydrogen (secondary N) is 1. The lowest BCUT2D eigenvalue weighted by atomic mass is 10.0. The predicted octanol–water partition coefficient (Wildman–Crippen LogP) is 3.99. The minimum Gasteiger partial charge on any atom is -0.305 e. The smallest absolute Gasteiger partial charge is 0.0601 e. The summed E-state index contributed by atoms with van der Waals surface area (Å²) in [5.74, 6) is 0.839. The van der Waals surface area contributed by atoms with Gasteiger partial charge in [-0.05, 0) is 25.3 Å². The molecule has 0 rings (SSSR count). The summed E-state index contributed by atoms with van der Waals surface area (Å²) in [7, 11) is 0. The van der Waals surface area contributed by atoms with Crippen LogP contribution in [-0.4, -0.2) is 15.0 Å². The first-order valence-corrected chi connectivity index (χ1v) is 7.91. The first-order chi connectivity index (χ1) is 6.20. The Morgan fingerprint density at radius 3 is 2.54 bits per heavy atom. The maximum atomic E-state index is 3.57. The number of unbranched alkanes of at least 4 members (excludes halogenated alkanes) is 1. The zero-order chi connectivity index (χ0) is 10.1. The standard InChI is InChI=1S/C10H21I2N/c1-3-4-5-9(2)8-13-10(12)6-7-11/h9-10,13H,3-8H2,1-2H3/t9-,10?/m1/s1. The van der Waals surface area contributed by atoms with E-state index in [2.05, 4.69) is 64.3 Å². The first-order valence-electron chi connectivity index (χ1n) is 5.14. The van der Waals surface area contributed by atoms with Crippen molar-refractivity contribution >= 4 is 45.2 Å². The second-order valence-electron chi connectivity index (χ2n) is 3.60. The number of hydrogen-bond acceptors (Lipinski definition) is 1. The van der Waals surface area contributed by atoms with Gasteiger partial charge in [-0.1, -0.05) is 71.9 Å². The van der Waals surface area contributed by atoms with E-state index in [9.17, 15) is 0 Å². The van der Waals surface area contributed by atoms with E-state index in [1.807, 2.05) is 0 Å². The Kier molecular flexibility index (Phi) is 11.0. The molecule has 80 valence electrons. The van der Waals surface area contributed by atoms with Gasteiger partial charge in [0.2, 0.25) is 0 Å². The van der Waals surface area contributed by atoms with E-state index >= 15 is 0 Å². The average molecular weight is 409 g/mol. The van der Waals surface area contributed by atoms with E-state index in [-0.39, 0.29) is 0 Å². The Balaban J connectivity index is 3.29. The lowest BCUT2D eigenvalue weighted by molar-refractivity contribution is 0.460. The summed E-state index contributed by atoms with van der Waals surface area (Å²) in [6, 6.07) is 0. The van der Waals surface area contributed by atoms with Crippen LogP contribution in [-0.2, 0) is 0 Å². The number of hydrogen-bond donors (Lipinski definition) is 1. The van der Waals surface area contributed by atoms with Crippen molar-refractivity contribution in [2.24, 2.45) is 5.92 Å². The number of alkyl halides is 2. The van der Waals surface area contributed by atoms with Gasteiger partial charge in [0, 0.05) is 4.43 Å². The lowest BCUT2D eigenvalue weighted by Crippen LogP contribution is -2.28. The van der Waals surface area contributed by atoms with E-state index in [0.717, 1.165) is 5.92 Å². The molecule has 0 bridgehead atoms. The lowest BCUT2D eigenvalue weighted by Gasteiger charge is -2.15. The van der Waals surface area contributed by atoms with E-state index in [4.69, 9.17) is 0 Å². The van der Waals surface area contributed by atoms with Gasteiger partial charge >= 0.3 is 0 Å². The quantitative estimate of drug-likeness (QED) is 0.363. The fraction of sp³-hybridized carbons (Fsp3) is 1.00. The van der Waals surface area contributed by atoms with Crippen LogP contribution >= 0.6 is 45.2 Å². The van der Waals surface area contributed by atoms with Gasteiger partial charge in [0.05, 0.1) is 4.05 Å². The summed E-state index contributed by atoms with van der Waals surface area (Å²) in [6.45, 7) is 5.79. The second-order valence-corrected chi connectivity index (χ2v) is 6.18. The zero-order valence-electron chi connectivity index (χ0n) is 8.65. The molecule has 1 nitrogen and oxygen atoms in total. The van der Waals surface area contributed by atoms with Crippen LogP contribution in [0.3, 0.4) is 0 Å². The monoisotopic (exact) mass is 409 g/mol. The van der Waals surface area contributed by atoms with Crippen molar-refractivity contribution in [3.8, 4) is 0 Å². The van der Waals surface area contributed by atoms with E-state index in [0.29, 0.717) is 4.05 Å². The van der Waals surface area contributed by atoms with Crippen LogP contribution in [0.4, 0.5) is 0 Å². The number of halogens is 2. The molecule has 0 aliphatic rings. The molecule has 2 atom stereocenters. The molecule has 1 unspecified atom stereocenters. The van der Waals surface area contributed by atoms with Gasteiger partial charge in [-0.25, -0.2) is 0 Å². The van der Waals surface area contributed by atoms with Crippen LogP contribution in [0.2, 0.25) is 0 Å². The Morgan fingerprint density at radius 1 is 1.31 bits per heavy atom. The van der Waals surface area contributed by atoms with Crippen LogP contribution in [0.15, 0.2) is 0 Å². The molecule has 0 aromatic heterocycles. The van der Waals surface area contributed by atoms with Crippen LogP contribution in [0.1, 0.15) is 39.5 Å². The molecule has 0 saturated carbocycles. The molecular weight excluding hydrogens is 388 g/mol. The fourth-order valence-corrected chi connectivity index (χ4v) is 3.56. The van der Waals surface area contributed by atoms with Crippen LogP contribution in [0.5, 0.6) is 0 Å². The SMILES string of the molecule is CCCC[C@@H](C)CNC(I)CCI. The summed E-state index contributed by atoms with van der Waals surface area (Å²) in [5.41, 5.74) is 0. The minimum absolute atomic E-state index is 0.665. The predicted molar refractivity (Wildman–Crippen MR) is 78.0 cm³/mol. The van der Waals surface area contributed by atoms with Crippen molar-refractivity contribution in [2.75, 3.05) is 11.0 Å². The van der Waals surface area contributed by atoms with Gasteiger partial charge in [-0.2, -0.15) is 0 Å². The Bertz CT molecular complexity index is 109. The summed E-state index contributed by atoms with van der Waals surface area (Å²) in [5, 5.41) is 3.57. The summed E-state index contributed by atoms with van der Waals surface area (Å²) < 4.78 is 1.92. The topological polar surface area (TPSA) is 12.0 Å². The fourth-order valence-electron chi connectivity index (χ4n) is 1.18. The van der Waals surface area contributed by atoms with Crippen molar-refractivity contribution in [3.63, 3.8) is 0 Å². The van der Waals surface area contributed by atoms with E-state index < -0.39 is 0 Å². The third-order valence-corrected chi connectivity index (χ3v) is 3.79. The normalized spacial score (nSPS) is 15.7. The van der Waals surface area contributed by atoms with Crippen molar-refractivity contribution < 1.29 is 0 Å². The third kappa shape index (κ3) is 9.72. The van der Waals surface area contributed by atoms with Crippen LogP contribution in [0.25, 0.3) is 0 Å². The van der Waals surface area contributed by atoms with Gasteiger partial charge in [-0.15, -0.1) is 0 Å². The highest BCUT2D eigenvalue weighted by Crippen LogP contribution is 2.09. The summed E-state index contributed by atoms with van der Waals surface area (Å²) >= 11 is 4.93. The molecule has 0 saturated heterocycles. The van der Waals surface area contributed by atoms with Crippen LogP contribution in [0, 0.1) is 5.92 Å². The Morgan fingerprint density at radius 2 is 2.00 bits per heavy atom. The van der Waals surface area contributed by atoms with Gasteiger partial charge in [0.25, 0.3) is 0 Å². The van der Waals surface area contributed by atoms with Gasteiger partial charge in [0.15, 0.2) is 0 Å². The van der Waals surface area contributed by atoms with E-state index in [1.54, 1.807) is 0 Å². The van der Waals surface area contributed by atoms with Crippen molar-refractivity contribution in [1.29, 1.82) is 0 Å². The molecule has 13 heavy (non-hydrogen) atoms. The Labute approximate surface area is 110 Å². The highest BCUT2D eigenvalue weighted by molar-refractivity contribution is 14.1. The molecule has 0 aromatic rings. The molecule has 0 radical (unpaired) electrons. The van der Waals surface area contributed by atoms with Gasteiger partial charge < -0.3 is 5.32 Å². The highest BCUT2D eigenvalue weighted by atomic mass is 127. The zero-order valence-corrected chi connectivity index (χ0v) is 13.0. The van der Waals surface area contributed by atoms with Crippen LogP contribution < -0.4 is 5.32 Å². The second kappa shape index (κ2) is 9.96. The molecule has 3 heteroatoms. The maximum absolute atomic E-state index is 3.57. The largest absolute Gasteiger partial charge is 0.305 e. The maximum Gasteiger partial charge on any atom is 0.0601 e. The molecule has 0 fully saturated rings. The number of rotatable bonds is 8. The van der Waals surface area contributed by atoms with Crippen molar-refractivity contribution in [3.05, 3.63) is 0 Å². The molecule has 0 aliphatic heterocycles.